The number of Topliss-reactive ketones (excluding diaryl/α,β-unsaturated/α-hetero) is 1. The van der Waals surface area contributed by atoms with Crippen molar-refractivity contribution in [1.29, 1.82) is 0 Å². The lowest BCUT2D eigenvalue weighted by Crippen LogP contribution is -2.32. The highest BCUT2D eigenvalue weighted by Crippen LogP contribution is 2.11. The molecule has 0 spiro atoms. The van der Waals surface area contributed by atoms with Crippen molar-refractivity contribution in [2.75, 3.05) is 0 Å². The van der Waals surface area contributed by atoms with Crippen LogP contribution in [0.1, 0.15) is 37.3 Å². The summed E-state index contributed by atoms with van der Waals surface area (Å²) in [5.41, 5.74) is 7.63. The lowest BCUT2D eigenvalue weighted by atomic mass is 10.0. The lowest BCUT2D eigenvalue weighted by Gasteiger charge is -2.08. The highest BCUT2D eigenvalue weighted by Gasteiger charge is 2.11. The molecular formula is C15H21NO3. The van der Waals surface area contributed by atoms with Gasteiger partial charge in [-0.25, -0.2) is 0 Å². The second-order valence-electron chi connectivity index (χ2n) is 4.88. The maximum Gasteiger partial charge on any atom is 0.320 e. The Hall–Kier alpha value is -1.68. The Labute approximate surface area is 113 Å². The van der Waals surface area contributed by atoms with Crippen LogP contribution < -0.4 is 5.73 Å². The summed E-state index contributed by atoms with van der Waals surface area (Å²) >= 11 is 0. The lowest BCUT2D eigenvalue weighted by molar-refractivity contribution is -0.138. The molecule has 0 saturated carbocycles. The Bertz CT molecular complexity index is 443. The zero-order chi connectivity index (χ0) is 14.3. The van der Waals surface area contributed by atoms with Crippen LogP contribution in [0.25, 0.3) is 0 Å². The fourth-order valence-corrected chi connectivity index (χ4v) is 1.96. The molecule has 0 fully saturated rings. The summed E-state index contributed by atoms with van der Waals surface area (Å²) < 4.78 is 0. The average Bonchev–Trinajstić information content (AvgIpc) is 2.35. The van der Waals surface area contributed by atoms with Crippen LogP contribution >= 0.6 is 0 Å². The Morgan fingerprint density at radius 1 is 1.26 bits per heavy atom. The van der Waals surface area contributed by atoms with E-state index >= 15 is 0 Å². The highest BCUT2D eigenvalue weighted by atomic mass is 16.4. The van der Waals surface area contributed by atoms with Gasteiger partial charge in [0.1, 0.15) is 11.8 Å². The number of benzene rings is 1. The molecule has 1 rings (SSSR count). The van der Waals surface area contributed by atoms with Crippen LogP contribution in [0, 0.1) is 0 Å². The Kier molecular flexibility index (Phi) is 6.22. The van der Waals surface area contributed by atoms with Gasteiger partial charge < -0.3 is 15.6 Å². The van der Waals surface area contributed by atoms with E-state index in [9.17, 15) is 9.59 Å². The first kappa shape index (κ1) is 15.4. The Morgan fingerprint density at radius 2 is 1.95 bits per heavy atom. The molecule has 19 heavy (non-hydrogen) atoms. The van der Waals surface area contributed by atoms with Crippen molar-refractivity contribution >= 4 is 11.8 Å². The number of hydrogen-bond acceptors (Lipinski definition) is 3. The van der Waals surface area contributed by atoms with Crippen LogP contribution in [0.15, 0.2) is 24.3 Å². The van der Waals surface area contributed by atoms with E-state index in [0.717, 1.165) is 24.8 Å². The number of carboxylic acid groups (broad SMARTS) is 1. The van der Waals surface area contributed by atoms with Crippen LogP contribution in [0.4, 0.5) is 0 Å². The molecule has 3 N–H and O–H groups in total. The third-order valence-electron chi connectivity index (χ3n) is 3.01. The minimum atomic E-state index is -0.980. The number of carbonyl (C=O) groups is 2. The molecular weight excluding hydrogens is 242 g/mol. The fraction of sp³-hybridized carbons (Fsp3) is 0.467. The number of rotatable bonds is 8. The zero-order valence-electron chi connectivity index (χ0n) is 11.3. The predicted octanol–water partition coefficient (Wildman–Crippen LogP) is 1.94. The maximum atomic E-state index is 10.8. The van der Waals surface area contributed by atoms with Gasteiger partial charge in [0.05, 0.1) is 0 Å². The summed E-state index contributed by atoms with van der Waals surface area (Å²) in [5.74, 6) is -0.756. The zero-order valence-corrected chi connectivity index (χ0v) is 11.3. The number of ketones is 1. The van der Waals surface area contributed by atoms with Crippen molar-refractivity contribution in [1.82, 2.24) is 0 Å². The van der Waals surface area contributed by atoms with Gasteiger partial charge in [0.15, 0.2) is 0 Å². The molecule has 0 radical (unpaired) electrons. The normalized spacial score (nSPS) is 12.1. The first-order chi connectivity index (χ1) is 8.99. The molecule has 1 aromatic rings. The van der Waals surface area contributed by atoms with Crippen molar-refractivity contribution in [3.8, 4) is 0 Å². The van der Waals surface area contributed by atoms with Gasteiger partial charge in [0, 0.05) is 6.42 Å². The van der Waals surface area contributed by atoms with Crippen molar-refractivity contribution in [3.63, 3.8) is 0 Å². The molecule has 0 bridgehead atoms. The van der Waals surface area contributed by atoms with Gasteiger partial charge in [-0.2, -0.15) is 0 Å². The van der Waals surface area contributed by atoms with Gasteiger partial charge in [-0.05, 0) is 43.7 Å². The molecule has 104 valence electrons. The number of carbonyl (C=O) groups excluding carboxylic acids is 1. The molecule has 0 aromatic heterocycles. The number of carboxylic acids is 1. The molecule has 0 unspecified atom stereocenters. The van der Waals surface area contributed by atoms with Gasteiger partial charge in [0.2, 0.25) is 0 Å². The van der Waals surface area contributed by atoms with E-state index in [0.29, 0.717) is 12.8 Å². The summed E-state index contributed by atoms with van der Waals surface area (Å²) in [7, 11) is 0. The van der Waals surface area contributed by atoms with Crippen molar-refractivity contribution in [2.24, 2.45) is 5.73 Å². The molecule has 0 saturated heterocycles. The SMILES string of the molecule is CC(=O)CCCCc1cccc(C[C@H](N)C(=O)O)c1. The van der Waals surface area contributed by atoms with E-state index in [1.165, 1.54) is 5.56 Å². The molecule has 4 heteroatoms. The van der Waals surface area contributed by atoms with E-state index in [1.807, 2.05) is 24.3 Å². The molecule has 1 aromatic carbocycles. The summed E-state index contributed by atoms with van der Waals surface area (Å²) in [4.78, 5) is 21.5. The Balaban J connectivity index is 2.47. The van der Waals surface area contributed by atoms with Gasteiger partial charge in [0.25, 0.3) is 0 Å². The summed E-state index contributed by atoms with van der Waals surface area (Å²) in [6, 6.07) is 6.97. The molecule has 0 aliphatic heterocycles. The van der Waals surface area contributed by atoms with Gasteiger partial charge in [-0.15, -0.1) is 0 Å². The van der Waals surface area contributed by atoms with Crippen LogP contribution in [-0.2, 0) is 22.4 Å². The largest absolute Gasteiger partial charge is 0.480 e. The standard InChI is InChI=1S/C15H21NO3/c1-11(17)5-2-3-6-12-7-4-8-13(9-12)10-14(16)15(18)19/h4,7-9,14H,2-3,5-6,10,16H2,1H3,(H,18,19)/t14-/m0/s1. The fourth-order valence-electron chi connectivity index (χ4n) is 1.96. The van der Waals surface area contributed by atoms with Crippen molar-refractivity contribution < 1.29 is 14.7 Å². The van der Waals surface area contributed by atoms with Crippen molar-refractivity contribution in [2.45, 2.75) is 45.1 Å². The maximum absolute atomic E-state index is 10.8. The van der Waals surface area contributed by atoms with Crippen LogP contribution in [-0.4, -0.2) is 22.9 Å². The van der Waals surface area contributed by atoms with Crippen LogP contribution in [0.3, 0.4) is 0 Å². The summed E-state index contributed by atoms with van der Waals surface area (Å²) in [6.07, 6.45) is 3.74. The molecule has 4 nitrogen and oxygen atoms in total. The van der Waals surface area contributed by atoms with Gasteiger partial charge in [-0.1, -0.05) is 24.3 Å². The third-order valence-corrected chi connectivity index (χ3v) is 3.01. The monoisotopic (exact) mass is 263 g/mol. The smallest absolute Gasteiger partial charge is 0.320 e. The highest BCUT2D eigenvalue weighted by molar-refractivity contribution is 5.75. The molecule has 0 aliphatic carbocycles. The van der Waals surface area contributed by atoms with Crippen molar-refractivity contribution in [3.05, 3.63) is 35.4 Å². The minimum Gasteiger partial charge on any atom is -0.480 e. The topological polar surface area (TPSA) is 80.4 Å². The minimum absolute atomic E-state index is 0.223. The summed E-state index contributed by atoms with van der Waals surface area (Å²) in [5, 5.41) is 8.78. The quantitative estimate of drug-likeness (QED) is 0.702. The molecule has 0 aliphatic rings. The van der Waals surface area contributed by atoms with Gasteiger partial charge >= 0.3 is 5.97 Å². The van der Waals surface area contributed by atoms with E-state index in [-0.39, 0.29) is 5.78 Å². The predicted molar refractivity (Wildman–Crippen MR) is 74.0 cm³/mol. The second kappa shape index (κ2) is 7.69. The number of nitrogens with two attached hydrogens (primary N) is 1. The molecule has 1 atom stereocenters. The van der Waals surface area contributed by atoms with Crippen LogP contribution in [0.5, 0.6) is 0 Å². The molecule has 0 heterocycles. The average molecular weight is 263 g/mol. The number of aliphatic carboxylic acids is 1. The number of unbranched alkanes of at least 4 members (excludes halogenated alkanes) is 1. The van der Waals surface area contributed by atoms with E-state index in [1.54, 1.807) is 6.92 Å². The third kappa shape index (κ3) is 6.15. The summed E-state index contributed by atoms with van der Waals surface area (Å²) in [6.45, 7) is 1.61. The van der Waals surface area contributed by atoms with Crippen LogP contribution in [0.2, 0.25) is 0 Å². The molecule has 0 amide bonds. The first-order valence-electron chi connectivity index (χ1n) is 6.54. The number of aryl methyl sites for hydroxylation is 1. The van der Waals surface area contributed by atoms with Gasteiger partial charge in [-0.3, -0.25) is 4.79 Å². The van der Waals surface area contributed by atoms with E-state index in [2.05, 4.69) is 0 Å². The number of hydrogen-bond donors (Lipinski definition) is 2. The second-order valence-corrected chi connectivity index (χ2v) is 4.88. The first-order valence-corrected chi connectivity index (χ1v) is 6.54. The van der Waals surface area contributed by atoms with E-state index < -0.39 is 12.0 Å². The Morgan fingerprint density at radius 3 is 2.58 bits per heavy atom. The van der Waals surface area contributed by atoms with E-state index in [4.69, 9.17) is 10.8 Å².